The summed E-state index contributed by atoms with van der Waals surface area (Å²) in [5, 5.41) is 15.0. The molecule has 2 aliphatic rings. The number of amides is 2. The van der Waals surface area contributed by atoms with Crippen molar-refractivity contribution in [3.63, 3.8) is 0 Å². The summed E-state index contributed by atoms with van der Waals surface area (Å²) in [5.41, 5.74) is 1.24. The number of hydrogen-bond donors (Lipinski definition) is 1. The third-order valence-electron chi connectivity index (χ3n) is 5.86. The molecule has 0 spiro atoms. The Hall–Kier alpha value is -3.53. The van der Waals surface area contributed by atoms with Gasteiger partial charge in [-0.05, 0) is 37.2 Å². The van der Waals surface area contributed by atoms with Gasteiger partial charge in [-0.2, -0.15) is 0 Å². The number of nitro groups is 1. The highest BCUT2D eigenvalue weighted by atomic mass is 16.6. The molecule has 4 rings (SSSR count). The van der Waals surface area contributed by atoms with Gasteiger partial charge in [0.15, 0.2) is 0 Å². The fourth-order valence-corrected chi connectivity index (χ4v) is 4.12. The molecule has 2 amide bonds. The molecule has 0 bridgehead atoms. The van der Waals surface area contributed by atoms with E-state index in [1.165, 1.54) is 12.3 Å². The maximum atomic E-state index is 12.9. The second kappa shape index (κ2) is 9.73. The second-order valence-electron chi connectivity index (χ2n) is 7.88. The van der Waals surface area contributed by atoms with Crippen LogP contribution in [0, 0.1) is 10.1 Å². The van der Waals surface area contributed by atoms with Crippen LogP contribution in [0.15, 0.2) is 42.7 Å². The first-order chi connectivity index (χ1) is 15.5. The summed E-state index contributed by atoms with van der Waals surface area (Å²) in [6, 6.07) is 8.14. The lowest BCUT2D eigenvalue weighted by Crippen LogP contribution is -2.49. The Morgan fingerprint density at radius 3 is 2.41 bits per heavy atom. The van der Waals surface area contributed by atoms with Gasteiger partial charge in [0.25, 0.3) is 17.5 Å². The monoisotopic (exact) mass is 438 g/mol. The van der Waals surface area contributed by atoms with E-state index in [0.29, 0.717) is 62.6 Å². The quantitative estimate of drug-likeness (QED) is 0.567. The van der Waals surface area contributed by atoms with Crippen LogP contribution in [0.3, 0.4) is 0 Å². The Kier molecular flexibility index (Phi) is 6.60. The predicted octanol–water partition coefficient (Wildman–Crippen LogP) is 1.39. The lowest BCUT2D eigenvalue weighted by molar-refractivity contribution is -0.384. The number of nitrogens with zero attached hydrogens (tertiary/aromatic N) is 5. The van der Waals surface area contributed by atoms with Gasteiger partial charge in [0.1, 0.15) is 5.69 Å². The van der Waals surface area contributed by atoms with Gasteiger partial charge in [-0.1, -0.05) is 0 Å². The highest BCUT2D eigenvalue weighted by molar-refractivity contribution is 5.96. The number of carbonyl (C=O) groups is 2. The van der Waals surface area contributed by atoms with Gasteiger partial charge in [0.05, 0.1) is 10.5 Å². The van der Waals surface area contributed by atoms with Gasteiger partial charge in [0, 0.05) is 69.8 Å². The number of aromatic nitrogens is 1. The summed E-state index contributed by atoms with van der Waals surface area (Å²) >= 11 is 0. The van der Waals surface area contributed by atoms with Gasteiger partial charge >= 0.3 is 0 Å². The van der Waals surface area contributed by atoms with Crippen molar-refractivity contribution in [3.8, 4) is 0 Å². The molecule has 2 aromatic rings. The van der Waals surface area contributed by atoms with E-state index in [4.69, 9.17) is 0 Å². The van der Waals surface area contributed by atoms with Gasteiger partial charge in [-0.25, -0.2) is 0 Å². The summed E-state index contributed by atoms with van der Waals surface area (Å²) in [4.78, 5) is 46.2. The van der Waals surface area contributed by atoms with Crippen molar-refractivity contribution in [2.24, 2.45) is 0 Å². The molecule has 2 saturated heterocycles. The number of piperazine rings is 1. The van der Waals surface area contributed by atoms with E-state index in [2.05, 4.69) is 10.3 Å². The molecule has 3 heterocycles. The van der Waals surface area contributed by atoms with Crippen LogP contribution in [0.2, 0.25) is 0 Å². The molecule has 10 nitrogen and oxygen atoms in total. The summed E-state index contributed by atoms with van der Waals surface area (Å²) in [5.74, 6) is -0.282. The van der Waals surface area contributed by atoms with Crippen LogP contribution in [-0.2, 0) is 0 Å². The van der Waals surface area contributed by atoms with E-state index in [1.807, 2.05) is 4.90 Å². The molecule has 168 valence electrons. The predicted molar refractivity (Wildman–Crippen MR) is 119 cm³/mol. The van der Waals surface area contributed by atoms with E-state index in [1.54, 1.807) is 40.3 Å². The molecule has 1 N–H and O–H groups in total. The molecule has 2 aliphatic heterocycles. The molecule has 10 heteroatoms. The molecular weight excluding hydrogens is 412 g/mol. The number of pyridine rings is 1. The largest absolute Gasteiger partial charge is 0.362 e. The fraction of sp³-hybridized carbons (Fsp3) is 0.409. The molecule has 32 heavy (non-hydrogen) atoms. The molecular formula is C22H26N6O4. The zero-order chi connectivity index (χ0) is 22.5. The number of nitro benzene ring substituents is 1. The summed E-state index contributed by atoms with van der Waals surface area (Å²) in [6.45, 7) is 4.64. The molecule has 0 radical (unpaired) electrons. The van der Waals surface area contributed by atoms with E-state index in [-0.39, 0.29) is 17.5 Å². The Bertz CT molecular complexity index is 983. The standard InChI is InChI=1S/C22H26N6O4/c29-21(26-9-2-7-23-8-10-26)17-4-5-19(20(15-17)28(31)32)25-11-13-27(14-12-25)22(30)18-3-1-6-24-16-18/h1,3-6,15-16,23H,2,7-14H2. The van der Waals surface area contributed by atoms with Crippen molar-refractivity contribution in [3.05, 3.63) is 64.0 Å². The SMILES string of the molecule is O=C(c1ccc(N2CCN(C(=O)c3cccnc3)CC2)c([N+](=O)[O-])c1)N1CCCNCC1. The van der Waals surface area contributed by atoms with Crippen LogP contribution >= 0.6 is 0 Å². The van der Waals surface area contributed by atoms with Crippen molar-refractivity contribution in [1.29, 1.82) is 0 Å². The fourth-order valence-electron chi connectivity index (χ4n) is 4.12. The van der Waals surface area contributed by atoms with Crippen LogP contribution in [0.5, 0.6) is 0 Å². The first kappa shape index (κ1) is 21.7. The topological polar surface area (TPSA) is 112 Å². The number of benzene rings is 1. The minimum absolute atomic E-state index is 0.0872. The highest BCUT2D eigenvalue weighted by Crippen LogP contribution is 2.31. The molecule has 0 saturated carbocycles. The van der Waals surface area contributed by atoms with E-state index in [0.717, 1.165) is 13.0 Å². The van der Waals surface area contributed by atoms with Crippen molar-refractivity contribution >= 4 is 23.2 Å². The zero-order valence-electron chi connectivity index (χ0n) is 17.8. The van der Waals surface area contributed by atoms with Gasteiger partial charge < -0.3 is 20.0 Å². The van der Waals surface area contributed by atoms with Crippen LogP contribution in [-0.4, -0.2) is 83.9 Å². The van der Waals surface area contributed by atoms with Gasteiger partial charge in [0.2, 0.25) is 0 Å². The average molecular weight is 438 g/mol. The highest BCUT2D eigenvalue weighted by Gasteiger charge is 2.28. The average Bonchev–Trinajstić information content (AvgIpc) is 3.13. The molecule has 0 atom stereocenters. The van der Waals surface area contributed by atoms with Crippen molar-refractivity contribution in [2.75, 3.05) is 57.3 Å². The Balaban J connectivity index is 1.47. The van der Waals surface area contributed by atoms with Crippen LogP contribution in [0.25, 0.3) is 0 Å². The third kappa shape index (κ3) is 4.70. The smallest absolute Gasteiger partial charge is 0.293 e. The van der Waals surface area contributed by atoms with Gasteiger partial charge in [-0.15, -0.1) is 0 Å². The molecule has 1 aromatic heterocycles. The normalized spacial score (nSPS) is 17.1. The maximum Gasteiger partial charge on any atom is 0.293 e. The van der Waals surface area contributed by atoms with E-state index in [9.17, 15) is 19.7 Å². The first-order valence-corrected chi connectivity index (χ1v) is 10.8. The van der Waals surface area contributed by atoms with Gasteiger partial charge in [-0.3, -0.25) is 24.7 Å². The zero-order valence-corrected chi connectivity index (χ0v) is 17.8. The Labute approximate surface area is 186 Å². The number of nitrogens with one attached hydrogen (secondary N) is 1. The lowest BCUT2D eigenvalue weighted by Gasteiger charge is -2.35. The van der Waals surface area contributed by atoms with Crippen LogP contribution in [0.1, 0.15) is 27.1 Å². The van der Waals surface area contributed by atoms with Crippen molar-refractivity contribution in [1.82, 2.24) is 20.1 Å². The second-order valence-corrected chi connectivity index (χ2v) is 7.88. The summed E-state index contributed by atoms with van der Waals surface area (Å²) in [7, 11) is 0. The molecule has 0 unspecified atom stereocenters. The number of anilines is 1. The third-order valence-corrected chi connectivity index (χ3v) is 5.86. The minimum Gasteiger partial charge on any atom is -0.362 e. The van der Waals surface area contributed by atoms with E-state index < -0.39 is 4.92 Å². The molecule has 2 fully saturated rings. The van der Waals surface area contributed by atoms with Crippen LogP contribution in [0.4, 0.5) is 11.4 Å². The molecule has 0 aliphatic carbocycles. The minimum atomic E-state index is -0.441. The molecule has 1 aromatic carbocycles. The lowest BCUT2D eigenvalue weighted by atomic mass is 10.1. The summed E-state index contributed by atoms with van der Waals surface area (Å²) < 4.78 is 0. The van der Waals surface area contributed by atoms with Crippen LogP contribution < -0.4 is 10.2 Å². The number of carbonyl (C=O) groups excluding carboxylic acids is 2. The van der Waals surface area contributed by atoms with Crippen molar-refractivity contribution < 1.29 is 14.5 Å². The number of hydrogen-bond acceptors (Lipinski definition) is 7. The van der Waals surface area contributed by atoms with Crippen molar-refractivity contribution in [2.45, 2.75) is 6.42 Å². The van der Waals surface area contributed by atoms with E-state index >= 15 is 0 Å². The Morgan fingerprint density at radius 1 is 0.938 bits per heavy atom. The summed E-state index contributed by atoms with van der Waals surface area (Å²) in [6.07, 6.45) is 4.01. The first-order valence-electron chi connectivity index (χ1n) is 10.8. The Morgan fingerprint density at radius 2 is 1.69 bits per heavy atom. The maximum absolute atomic E-state index is 12.9. The number of rotatable bonds is 4.